The lowest BCUT2D eigenvalue weighted by atomic mass is 9.82. The van der Waals surface area contributed by atoms with Gasteiger partial charge in [0.05, 0.1) is 5.69 Å². The van der Waals surface area contributed by atoms with Crippen LogP contribution in [0.5, 0.6) is 5.75 Å². The Morgan fingerprint density at radius 2 is 2.15 bits per heavy atom. The van der Waals surface area contributed by atoms with Gasteiger partial charge in [-0.1, -0.05) is 26.5 Å². The van der Waals surface area contributed by atoms with Crippen molar-refractivity contribution >= 4 is 11.4 Å². The molecule has 0 atom stereocenters. The highest BCUT2D eigenvalue weighted by atomic mass is 19.1. The molecule has 0 aromatic heterocycles. The SMILES string of the molecule is C=C(C)N1CC(C)(C)c2c(/C(N)=C/C)c(F)cc(O)c21. The second kappa shape index (κ2) is 4.54. The molecule has 1 aliphatic rings. The Morgan fingerprint density at radius 3 is 2.65 bits per heavy atom. The molecule has 0 unspecified atom stereocenters. The van der Waals surface area contributed by atoms with E-state index in [0.717, 1.165) is 17.3 Å². The molecule has 20 heavy (non-hydrogen) atoms. The van der Waals surface area contributed by atoms with Crippen LogP contribution < -0.4 is 10.6 Å². The average Bonchev–Trinajstić information content (AvgIpc) is 2.62. The molecule has 0 amide bonds. The third-order valence-electron chi connectivity index (χ3n) is 3.79. The lowest BCUT2D eigenvalue weighted by Crippen LogP contribution is -2.27. The van der Waals surface area contributed by atoms with Crippen LogP contribution in [0.25, 0.3) is 5.70 Å². The van der Waals surface area contributed by atoms with Crippen LogP contribution in [-0.2, 0) is 5.41 Å². The van der Waals surface area contributed by atoms with Crippen molar-refractivity contribution in [3.8, 4) is 5.75 Å². The van der Waals surface area contributed by atoms with Gasteiger partial charge in [0.25, 0.3) is 0 Å². The molecular weight excluding hydrogens is 255 g/mol. The number of phenols is 1. The van der Waals surface area contributed by atoms with Gasteiger partial charge in [-0.2, -0.15) is 0 Å². The average molecular weight is 276 g/mol. The van der Waals surface area contributed by atoms with Gasteiger partial charge < -0.3 is 15.7 Å². The van der Waals surface area contributed by atoms with Crippen molar-refractivity contribution < 1.29 is 9.50 Å². The van der Waals surface area contributed by atoms with E-state index in [4.69, 9.17) is 5.73 Å². The highest BCUT2D eigenvalue weighted by molar-refractivity contribution is 5.81. The van der Waals surface area contributed by atoms with Gasteiger partial charge in [0.15, 0.2) is 0 Å². The van der Waals surface area contributed by atoms with Crippen LogP contribution >= 0.6 is 0 Å². The van der Waals surface area contributed by atoms with Crippen molar-refractivity contribution in [3.05, 3.63) is 41.4 Å². The minimum Gasteiger partial charge on any atom is -0.506 e. The molecule has 3 N–H and O–H groups in total. The van der Waals surface area contributed by atoms with Crippen LogP contribution in [0.3, 0.4) is 0 Å². The molecule has 1 aliphatic heterocycles. The summed E-state index contributed by atoms with van der Waals surface area (Å²) in [5, 5.41) is 10.2. The third-order valence-corrected chi connectivity index (χ3v) is 3.79. The quantitative estimate of drug-likeness (QED) is 0.869. The molecule has 0 saturated heterocycles. The number of aromatic hydroxyl groups is 1. The summed E-state index contributed by atoms with van der Waals surface area (Å²) in [7, 11) is 0. The molecule has 0 spiro atoms. The van der Waals surface area contributed by atoms with Gasteiger partial charge in [0, 0.05) is 35.0 Å². The van der Waals surface area contributed by atoms with Crippen LogP contribution in [-0.4, -0.2) is 11.7 Å². The van der Waals surface area contributed by atoms with Crippen LogP contribution in [0.2, 0.25) is 0 Å². The van der Waals surface area contributed by atoms with E-state index in [9.17, 15) is 9.50 Å². The van der Waals surface area contributed by atoms with E-state index < -0.39 is 5.82 Å². The predicted octanol–water partition coefficient (Wildman–Crippen LogP) is 3.48. The molecule has 108 valence electrons. The van der Waals surface area contributed by atoms with Crippen LogP contribution in [0.4, 0.5) is 10.1 Å². The zero-order valence-electron chi connectivity index (χ0n) is 12.4. The second-order valence-corrected chi connectivity index (χ2v) is 5.93. The molecule has 0 saturated carbocycles. The number of fused-ring (bicyclic) bond motifs is 1. The van der Waals surface area contributed by atoms with Crippen molar-refractivity contribution in [1.29, 1.82) is 0 Å². The van der Waals surface area contributed by atoms with Crippen LogP contribution in [0, 0.1) is 5.82 Å². The Morgan fingerprint density at radius 1 is 1.55 bits per heavy atom. The lowest BCUT2D eigenvalue weighted by molar-refractivity contribution is 0.469. The molecule has 1 aromatic rings. The first-order valence-corrected chi connectivity index (χ1v) is 6.62. The fourth-order valence-corrected chi connectivity index (χ4v) is 2.86. The molecule has 0 aliphatic carbocycles. The van der Waals surface area contributed by atoms with E-state index >= 15 is 0 Å². The topological polar surface area (TPSA) is 49.5 Å². The Labute approximate surface area is 119 Å². The van der Waals surface area contributed by atoms with E-state index in [2.05, 4.69) is 6.58 Å². The summed E-state index contributed by atoms with van der Waals surface area (Å²) >= 11 is 0. The summed E-state index contributed by atoms with van der Waals surface area (Å²) in [6.45, 7) is 12.2. The summed E-state index contributed by atoms with van der Waals surface area (Å²) in [6.07, 6.45) is 1.68. The zero-order valence-corrected chi connectivity index (χ0v) is 12.4. The Hall–Kier alpha value is -1.97. The molecular formula is C16H21FN2O. The van der Waals surface area contributed by atoms with Crippen molar-refractivity contribution in [3.63, 3.8) is 0 Å². The summed E-state index contributed by atoms with van der Waals surface area (Å²) in [5.41, 5.74) is 8.57. The number of benzene rings is 1. The Bertz CT molecular complexity index is 617. The number of anilines is 1. The highest BCUT2D eigenvalue weighted by Crippen LogP contribution is 2.50. The van der Waals surface area contributed by atoms with E-state index in [-0.39, 0.29) is 11.2 Å². The molecule has 1 heterocycles. The first-order chi connectivity index (χ1) is 9.20. The fourth-order valence-electron chi connectivity index (χ4n) is 2.86. The first kappa shape index (κ1) is 14.4. The van der Waals surface area contributed by atoms with E-state index in [1.165, 1.54) is 0 Å². The summed E-state index contributed by atoms with van der Waals surface area (Å²) in [5.74, 6) is -0.563. The lowest BCUT2D eigenvalue weighted by Gasteiger charge is -2.22. The molecule has 0 fully saturated rings. The maximum absolute atomic E-state index is 14.3. The van der Waals surface area contributed by atoms with Gasteiger partial charge >= 0.3 is 0 Å². The van der Waals surface area contributed by atoms with Gasteiger partial charge in [-0.05, 0) is 19.4 Å². The number of phenolic OH excluding ortho intramolecular Hbond substituents is 1. The normalized spacial score (nSPS) is 17.2. The molecule has 0 radical (unpaired) electrons. The standard InChI is InChI=1S/C16H21FN2O/c1-6-11(18)13-10(17)7-12(20)15-14(13)16(4,5)8-19(15)9(2)3/h6-7,20H,2,8,18H2,1,3-5H3/b11-6-. The number of hydrogen-bond donors (Lipinski definition) is 2. The predicted molar refractivity (Wildman–Crippen MR) is 81.1 cm³/mol. The smallest absolute Gasteiger partial charge is 0.142 e. The zero-order chi connectivity index (χ0) is 15.2. The third kappa shape index (κ3) is 1.96. The fraction of sp³-hybridized carbons (Fsp3) is 0.375. The molecule has 4 heteroatoms. The molecule has 3 nitrogen and oxygen atoms in total. The van der Waals surface area contributed by atoms with Gasteiger partial charge in [-0.3, -0.25) is 0 Å². The van der Waals surface area contributed by atoms with Gasteiger partial charge in [0.2, 0.25) is 0 Å². The second-order valence-electron chi connectivity index (χ2n) is 5.93. The van der Waals surface area contributed by atoms with Crippen molar-refractivity contribution in [1.82, 2.24) is 0 Å². The number of allylic oxidation sites excluding steroid dienone is 2. The molecule has 2 rings (SSSR count). The van der Waals surface area contributed by atoms with Crippen molar-refractivity contribution in [2.45, 2.75) is 33.1 Å². The van der Waals surface area contributed by atoms with Crippen molar-refractivity contribution in [2.24, 2.45) is 5.73 Å². The maximum atomic E-state index is 14.3. The monoisotopic (exact) mass is 276 g/mol. The van der Waals surface area contributed by atoms with Crippen molar-refractivity contribution in [2.75, 3.05) is 11.4 Å². The number of hydrogen-bond acceptors (Lipinski definition) is 3. The Balaban J connectivity index is 2.87. The van der Waals surface area contributed by atoms with Crippen LogP contribution in [0.1, 0.15) is 38.8 Å². The number of nitrogens with zero attached hydrogens (tertiary/aromatic N) is 1. The highest BCUT2D eigenvalue weighted by Gasteiger charge is 2.41. The van der Waals surface area contributed by atoms with E-state index in [1.54, 1.807) is 13.0 Å². The maximum Gasteiger partial charge on any atom is 0.142 e. The number of nitrogens with two attached hydrogens (primary N) is 1. The molecule has 0 bridgehead atoms. The summed E-state index contributed by atoms with van der Waals surface area (Å²) in [4.78, 5) is 1.91. The Kier molecular flexibility index (Phi) is 3.28. The van der Waals surface area contributed by atoms with Gasteiger partial charge in [-0.25, -0.2) is 4.39 Å². The summed E-state index contributed by atoms with van der Waals surface area (Å²) < 4.78 is 14.3. The first-order valence-electron chi connectivity index (χ1n) is 6.62. The van der Waals surface area contributed by atoms with E-state index in [1.807, 2.05) is 25.7 Å². The molecule has 1 aromatic carbocycles. The number of halogens is 1. The summed E-state index contributed by atoms with van der Waals surface area (Å²) in [6, 6.07) is 1.13. The minimum absolute atomic E-state index is 0.0706. The largest absolute Gasteiger partial charge is 0.506 e. The van der Waals surface area contributed by atoms with Gasteiger partial charge in [0.1, 0.15) is 11.6 Å². The van der Waals surface area contributed by atoms with Crippen LogP contribution in [0.15, 0.2) is 24.4 Å². The van der Waals surface area contributed by atoms with E-state index in [0.29, 0.717) is 23.5 Å². The van der Waals surface area contributed by atoms with Gasteiger partial charge in [-0.15, -0.1) is 0 Å². The minimum atomic E-state index is -0.492. The number of rotatable bonds is 2.